The van der Waals surface area contributed by atoms with Crippen LogP contribution in [0.3, 0.4) is 0 Å². The van der Waals surface area contributed by atoms with Crippen LogP contribution in [0.4, 0.5) is 0 Å². The van der Waals surface area contributed by atoms with Gasteiger partial charge in [-0.15, -0.1) is 0 Å². The minimum absolute atomic E-state index is 0.0431. The zero-order chi connectivity index (χ0) is 20.3. The second kappa shape index (κ2) is 8.38. The van der Waals surface area contributed by atoms with Crippen LogP contribution in [0.25, 0.3) is 10.8 Å². The highest BCUT2D eigenvalue weighted by molar-refractivity contribution is 6.05. The molecule has 0 spiro atoms. The molecule has 30 heavy (non-hydrogen) atoms. The molecular weight excluding hydrogens is 374 g/mol. The summed E-state index contributed by atoms with van der Waals surface area (Å²) < 4.78 is 5.41. The van der Waals surface area contributed by atoms with E-state index in [2.05, 4.69) is 47.4 Å². The Hall–Kier alpha value is -3.02. The zero-order valence-electron chi connectivity index (χ0n) is 16.9. The van der Waals surface area contributed by atoms with E-state index in [0.29, 0.717) is 19.8 Å². The second-order valence-electron chi connectivity index (χ2n) is 7.87. The number of hydrogen-bond donors (Lipinski definition) is 0. The molecule has 0 N–H and O–H groups in total. The Morgan fingerprint density at radius 3 is 2.47 bits per heavy atom. The molecule has 5 heteroatoms. The molecule has 0 radical (unpaired) electrons. The predicted molar refractivity (Wildman–Crippen MR) is 118 cm³/mol. The largest absolute Gasteiger partial charge is 0.379 e. The van der Waals surface area contributed by atoms with Gasteiger partial charge in [-0.1, -0.05) is 66.7 Å². The molecular formula is C25H25N3O2. The number of ether oxygens (including phenoxy) is 1. The number of rotatable bonds is 4. The van der Waals surface area contributed by atoms with Crippen LogP contribution in [0.2, 0.25) is 0 Å². The smallest absolute Gasteiger partial charge is 0.257 e. The summed E-state index contributed by atoms with van der Waals surface area (Å²) in [5, 5.41) is 8.93. The van der Waals surface area contributed by atoms with Crippen molar-refractivity contribution in [1.29, 1.82) is 0 Å². The third kappa shape index (κ3) is 3.86. The average Bonchev–Trinajstić information content (AvgIpc) is 3.26. The number of hydrogen-bond acceptors (Lipinski definition) is 4. The summed E-state index contributed by atoms with van der Waals surface area (Å²) in [6, 6.07) is 24.9. The van der Waals surface area contributed by atoms with Gasteiger partial charge in [-0.05, 0) is 28.0 Å². The molecule has 1 amide bonds. The van der Waals surface area contributed by atoms with Crippen LogP contribution in [-0.4, -0.2) is 54.4 Å². The number of nitrogens with zero attached hydrogens (tertiary/aromatic N) is 3. The summed E-state index contributed by atoms with van der Waals surface area (Å²) in [4.78, 5) is 15.4. The normalized spacial score (nSPS) is 19.8. The number of hydrazone groups is 1. The van der Waals surface area contributed by atoms with E-state index >= 15 is 0 Å². The molecule has 152 valence electrons. The molecule has 2 heterocycles. The van der Waals surface area contributed by atoms with E-state index in [1.165, 1.54) is 10.8 Å². The molecule has 1 saturated heterocycles. The van der Waals surface area contributed by atoms with Crippen molar-refractivity contribution in [1.82, 2.24) is 9.91 Å². The zero-order valence-corrected chi connectivity index (χ0v) is 16.9. The van der Waals surface area contributed by atoms with Crippen LogP contribution in [0, 0.1) is 0 Å². The number of carbonyl (C=O) groups excluding carboxylic acids is 1. The van der Waals surface area contributed by atoms with E-state index in [1.807, 2.05) is 30.3 Å². The lowest BCUT2D eigenvalue weighted by Gasteiger charge is -2.29. The molecule has 0 saturated carbocycles. The Kier molecular flexibility index (Phi) is 5.30. The fourth-order valence-electron chi connectivity index (χ4n) is 4.24. The Labute approximate surface area is 176 Å². The third-order valence-electron chi connectivity index (χ3n) is 5.90. The standard InChI is InChI=1S/C25H25N3O2/c29-25(18-27-12-14-30-15-13-27)28-24(20-7-2-1-3-8-20)17-23(26-28)22-11-10-19-6-4-5-9-21(19)16-22/h1-11,16,24H,12-15,17-18H2/t24-/m1/s1. The van der Waals surface area contributed by atoms with Gasteiger partial charge in [0, 0.05) is 19.5 Å². The lowest BCUT2D eigenvalue weighted by atomic mass is 9.97. The van der Waals surface area contributed by atoms with Gasteiger partial charge in [-0.2, -0.15) is 5.10 Å². The van der Waals surface area contributed by atoms with E-state index in [4.69, 9.17) is 9.84 Å². The van der Waals surface area contributed by atoms with Crippen molar-refractivity contribution < 1.29 is 9.53 Å². The SMILES string of the molecule is O=C(CN1CCOCC1)N1N=C(c2ccc3ccccc3c2)C[C@@H]1c1ccccc1. The first-order valence-electron chi connectivity index (χ1n) is 10.5. The van der Waals surface area contributed by atoms with Crippen molar-refractivity contribution in [3.05, 3.63) is 83.9 Å². The van der Waals surface area contributed by atoms with Crippen LogP contribution in [-0.2, 0) is 9.53 Å². The molecule has 2 aliphatic rings. The van der Waals surface area contributed by atoms with Crippen molar-refractivity contribution >= 4 is 22.4 Å². The van der Waals surface area contributed by atoms with Crippen molar-refractivity contribution in [2.24, 2.45) is 5.10 Å². The summed E-state index contributed by atoms with van der Waals surface area (Å²) in [5.74, 6) is 0.0431. The van der Waals surface area contributed by atoms with E-state index in [1.54, 1.807) is 5.01 Å². The van der Waals surface area contributed by atoms with E-state index < -0.39 is 0 Å². The van der Waals surface area contributed by atoms with Crippen molar-refractivity contribution in [2.45, 2.75) is 12.5 Å². The first-order chi connectivity index (χ1) is 14.8. The average molecular weight is 399 g/mol. The van der Waals surface area contributed by atoms with Gasteiger partial charge in [0.1, 0.15) is 0 Å². The summed E-state index contributed by atoms with van der Waals surface area (Å²) in [6.07, 6.45) is 0.719. The monoisotopic (exact) mass is 399 g/mol. The first kappa shape index (κ1) is 19.0. The van der Waals surface area contributed by atoms with Gasteiger partial charge in [-0.25, -0.2) is 5.01 Å². The van der Waals surface area contributed by atoms with E-state index in [0.717, 1.165) is 36.3 Å². The fraction of sp³-hybridized carbons (Fsp3) is 0.280. The lowest BCUT2D eigenvalue weighted by Crippen LogP contribution is -2.43. The van der Waals surface area contributed by atoms with Gasteiger partial charge in [0.2, 0.25) is 0 Å². The summed E-state index contributed by atoms with van der Waals surface area (Å²) >= 11 is 0. The number of morpholine rings is 1. The molecule has 0 aliphatic carbocycles. The van der Waals surface area contributed by atoms with Crippen LogP contribution in [0.15, 0.2) is 77.9 Å². The maximum Gasteiger partial charge on any atom is 0.257 e. The summed E-state index contributed by atoms with van der Waals surface area (Å²) in [6.45, 7) is 3.32. The van der Waals surface area contributed by atoms with Crippen LogP contribution in [0.5, 0.6) is 0 Å². The number of benzene rings is 3. The number of fused-ring (bicyclic) bond motifs is 1. The molecule has 5 rings (SSSR count). The summed E-state index contributed by atoms with van der Waals surface area (Å²) in [5.41, 5.74) is 3.16. The Balaban J connectivity index is 1.45. The number of amides is 1. The van der Waals surface area contributed by atoms with Crippen molar-refractivity contribution in [3.8, 4) is 0 Å². The molecule has 1 atom stereocenters. The van der Waals surface area contributed by atoms with Crippen LogP contribution >= 0.6 is 0 Å². The minimum Gasteiger partial charge on any atom is -0.379 e. The highest BCUT2D eigenvalue weighted by atomic mass is 16.5. The molecule has 0 bridgehead atoms. The van der Waals surface area contributed by atoms with E-state index in [-0.39, 0.29) is 11.9 Å². The molecule has 3 aromatic carbocycles. The molecule has 1 fully saturated rings. The summed E-state index contributed by atoms with van der Waals surface area (Å²) in [7, 11) is 0. The van der Waals surface area contributed by atoms with Gasteiger partial charge in [0.05, 0.1) is 31.5 Å². The number of carbonyl (C=O) groups is 1. The first-order valence-corrected chi connectivity index (χ1v) is 10.5. The fourth-order valence-corrected chi connectivity index (χ4v) is 4.24. The van der Waals surface area contributed by atoms with Gasteiger partial charge in [0.15, 0.2) is 0 Å². The van der Waals surface area contributed by atoms with Gasteiger partial charge in [0.25, 0.3) is 5.91 Å². The predicted octanol–water partition coefficient (Wildman–Crippen LogP) is 3.85. The van der Waals surface area contributed by atoms with Gasteiger partial charge < -0.3 is 4.74 Å². The molecule has 0 unspecified atom stereocenters. The molecule has 2 aliphatic heterocycles. The van der Waals surface area contributed by atoms with E-state index in [9.17, 15) is 4.79 Å². The van der Waals surface area contributed by atoms with Crippen molar-refractivity contribution in [3.63, 3.8) is 0 Å². The molecule has 3 aromatic rings. The lowest BCUT2D eigenvalue weighted by molar-refractivity contribution is -0.135. The second-order valence-corrected chi connectivity index (χ2v) is 7.87. The van der Waals surface area contributed by atoms with Gasteiger partial charge >= 0.3 is 0 Å². The van der Waals surface area contributed by atoms with Gasteiger partial charge in [-0.3, -0.25) is 9.69 Å². The third-order valence-corrected chi connectivity index (χ3v) is 5.90. The minimum atomic E-state index is -0.0683. The quantitative estimate of drug-likeness (QED) is 0.669. The maximum atomic E-state index is 13.2. The highest BCUT2D eigenvalue weighted by Gasteiger charge is 2.33. The Morgan fingerprint density at radius 1 is 0.933 bits per heavy atom. The Bertz CT molecular complexity index is 1070. The van der Waals surface area contributed by atoms with Crippen molar-refractivity contribution in [2.75, 3.05) is 32.8 Å². The topological polar surface area (TPSA) is 45.1 Å². The van der Waals surface area contributed by atoms with Crippen LogP contribution in [0.1, 0.15) is 23.6 Å². The maximum absolute atomic E-state index is 13.2. The molecule has 0 aromatic heterocycles. The molecule has 5 nitrogen and oxygen atoms in total. The van der Waals surface area contributed by atoms with Crippen LogP contribution < -0.4 is 0 Å². The Morgan fingerprint density at radius 2 is 1.67 bits per heavy atom. The highest BCUT2D eigenvalue weighted by Crippen LogP contribution is 2.33.